The Balaban J connectivity index is 1.83. The number of anilines is 2. The van der Waals surface area contributed by atoms with Crippen LogP contribution in [-0.4, -0.2) is 16.5 Å². The van der Waals surface area contributed by atoms with E-state index in [1.54, 1.807) is 6.20 Å². The van der Waals surface area contributed by atoms with Gasteiger partial charge in [0, 0.05) is 12.7 Å². The molecule has 0 aromatic carbocycles. The lowest BCUT2D eigenvalue weighted by molar-refractivity contribution is 0.303. The van der Waals surface area contributed by atoms with Crippen LogP contribution in [0.1, 0.15) is 25.7 Å². The molecule has 1 aromatic rings. The van der Waals surface area contributed by atoms with E-state index in [0.29, 0.717) is 5.95 Å². The highest BCUT2D eigenvalue weighted by Crippen LogP contribution is 2.29. The van der Waals surface area contributed by atoms with Crippen LogP contribution in [0.4, 0.5) is 11.8 Å². The minimum absolute atomic E-state index is 0.310. The molecule has 0 unspecified atom stereocenters. The third-order valence-corrected chi connectivity index (χ3v) is 3.41. The first kappa shape index (κ1) is 10.7. The van der Waals surface area contributed by atoms with Gasteiger partial charge in [-0.1, -0.05) is 19.3 Å². The average Bonchev–Trinajstić information content (AvgIpc) is 2.15. The van der Waals surface area contributed by atoms with Crippen LogP contribution in [0, 0.1) is 5.92 Å². The lowest BCUT2D eigenvalue weighted by Crippen LogP contribution is -2.16. The fraction of sp³-hybridized carbons (Fsp3) is 0.600. The van der Waals surface area contributed by atoms with Crippen molar-refractivity contribution < 1.29 is 0 Å². The molecule has 5 heteroatoms. The molecule has 0 aliphatic heterocycles. The number of hydrogen-bond acceptors (Lipinski definition) is 4. The van der Waals surface area contributed by atoms with E-state index in [1.807, 2.05) is 0 Å². The number of nitrogen functional groups attached to an aromatic ring is 1. The number of hydrogen-bond donors (Lipinski definition) is 2. The Morgan fingerprint density at radius 1 is 1.53 bits per heavy atom. The molecule has 15 heavy (non-hydrogen) atoms. The minimum atomic E-state index is 0.310. The van der Waals surface area contributed by atoms with E-state index in [9.17, 15) is 0 Å². The molecule has 0 bridgehead atoms. The minimum Gasteiger partial charge on any atom is -0.369 e. The van der Waals surface area contributed by atoms with Crippen LogP contribution in [0.3, 0.4) is 0 Å². The molecular formula is C10H15BrN4. The molecule has 3 N–H and O–H groups in total. The van der Waals surface area contributed by atoms with Gasteiger partial charge in [0.1, 0.15) is 5.82 Å². The summed E-state index contributed by atoms with van der Waals surface area (Å²) in [5, 5.41) is 3.27. The van der Waals surface area contributed by atoms with Gasteiger partial charge in [-0.25, -0.2) is 4.98 Å². The molecule has 0 spiro atoms. The molecule has 0 saturated heterocycles. The van der Waals surface area contributed by atoms with Crippen LogP contribution in [0.5, 0.6) is 0 Å². The molecule has 1 aromatic heterocycles. The predicted octanol–water partition coefficient (Wildman–Crippen LogP) is 2.42. The summed E-state index contributed by atoms with van der Waals surface area (Å²) in [6.45, 7) is 0.958. The van der Waals surface area contributed by atoms with Gasteiger partial charge in [0.2, 0.25) is 5.95 Å². The fourth-order valence-corrected chi connectivity index (χ4v) is 2.01. The SMILES string of the molecule is Nc1ncc(Br)c(NCCC2CCC2)n1. The number of nitrogens with one attached hydrogen (secondary N) is 1. The number of rotatable bonds is 4. The van der Waals surface area contributed by atoms with Crippen LogP contribution in [0.15, 0.2) is 10.7 Å². The monoisotopic (exact) mass is 270 g/mol. The smallest absolute Gasteiger partial charge is 0.221 e. The highest BCUT2D eigenvalue weighted by molar-refractivity contribution is 9.10. The Kier molecular flexibility index (Phi) is 3.41. The molecule has 82 valence electrons. The maximum atomic E-state index is 5.51. The summed E-state index contributed by atoms with van der Waals surface area (Å²) in [7, 11) is 0. The standard InChI is InChI=1S/C10H15BrN4/c11-8-6-14-10(12)15-9(8)13-5-4-7-2-1-3-7/h6-7H,1-5H2,(H3,12,13,14,15). The number of aromatic nitrogens is 2. The Morgan fingerprint density at radius 2 is 2.33 bits per heavy atom. The first-order valence-electron chi connectivity index (χ1n) is 5.27. The molecule has 1 aliphatic carbocycles. The zero-order valence-electron chi connectivity index (χ0n) is 8.54. The van der Waals surface area contributed by atoms with Gasteiger partial charge >= 0.3 is 0 Å². The molecular weight excluding hydrogens is 256 g/mol. The predicted molar refractivity (Wildman–Crippen MR) is 64.6 cm³/mol. The normalized spacial score (nSPS) is 16.1. The lowest BCUT2D eigenvalue weighted by atomic mass is 9.83. The van der Waals surface area contributed by atoms with Gasteiger partial charge in [-0.3, -0.25) is 0 Å². The largest absolute Gasteiger partial charge is 0.369 e. The van der Waals surface area contributed by atoms with E-state index in [4.69, 9.17) is 5.73 Å². The Labute approximate surface area is 97.8 Å². The van der Waals surface area contributed by atoms with Gasteiger partial charge in [-0.2, -0.15) is 4.98 Å². The molecule has 0 atom stereocenters. The highest BCUT2D eigenvalue weighted by atomic mass is 79.9. The maximum Gasteiger partial charge on any atom is 0.221 e. The summed E-state index contributed by atoms with van der Waals surface area (Å²) >= 11 is 3.39. The summed E-state index contributed by atoms with van der Waals surface area (Å²) in [5.74, 6) is 2.02. The molecule has 0 amide bonds. The summed E-state index contributed by atoms with van der Waals surface area (Å²) in [6, 6.07) is 0. The summed E-state index contributed by atoms with van der Waals surface area (Å²) in [6.07, 6.45) is 7.06. The second kappa shape index (κ2) is 4.79. The summed E-state index contributed by atoms with van der Waals surface area (Å²) in [4.78, 5) is 8.01. The molecule has 0 radical (unpaired) electrons. The number of nitrogens with two attached hydrogens (primary N) is 1. The van der Waals surface area contributed by atoms with Gasteiger partial charge in [-0.05, 0) is 28.3 Å². The molecule has 1 fully saturated rings. The lowest BCUT2D eigenvalue weighted by Gasteiger charge is -2.25. The van der Waals surface area contributed by atoms with Crippen LogP contribution in [0.2, 0.25) is 0 Å². The Hall–Kier alpha value is -0.840. The topological polar surface area (TPSA) is 63.8 Å². The van der Waals surface area contributed by atoms with Gasteiger partial charge in [0.15, 0.2) is 0 Å². The zero-order valence-corrected chi connectivity index (χ0v) is 10.1. The van der Waals surface area contributed by atoms with Gasteiger partial charge in [0.25, 0.3) is 0 Å². The van der Waals surface area contributed by atoms with Gasteiger partial charge < -0.3 is 11.1 Å². The van der Waals surface area contributed by atoms with Gasteiger partial charge in [-0.15, -0.1) is 0 Å². The first-order valence-corrected chi connectivity index (χ1v) is 6.07. The van der Waals surface area contributed by atoms with E-state index in [0.717, 1.165) is 22.8 Å². The second-order valence-electron chi connectivity index (χ2n) is 3.94. The number of nitrogens with zero attached hydrogens (tertiary/aromatic N) is 2. The van der Waals surface area contributed by atoms with Crippen molar-refractivity contribution in [1.82, 2.24) is 9.97 Å². The second-order valence-corrected chi connectivity index (χ2v) is 4.79. The quantitative estimate of drug-likeness (QED) is 0.882. The van der Waals surface area contributed by atoms with Crippen molar-refractivity contribution in [2.45, 2.75) is 25.7 Å². The third kappa shape index (κ3) is 2.81. The van der Waals surface area contributed by atoms with E-state index in [2.05, 4.69) is 31.2 Å². The van der Waals surface area contributed by atoms with E-state index >= 15 is 0 Å². The fourth-order valence-electron chi connectivity index (χ4n) is 1.68. The van der Waals surface area contributed by atoms with Crippen molar-refractivity contribution >= 4 is 27.7 Å². The van der Waals surface area contributed by atoms with Crippen molar-refractivity contribution in [1.29, 1.82) is 0 Å². The molecule has 4 nitrogen and oxygen atoms in total. The average molecular weight is 271 g/mol. The highest BCUT2D eigenvalue weighted by Gasteiger charge is 2.16. The maximum absolute atomic E-state index is 5.51. The molecule has 1 saturated carbocycles. The first-order chi connectivity index (χ1) is 7.25. The molecule has 1 heterocycles. The van der Waals surface area contributed by atoms with Crippen LogP contribution >= 0.6 is 15.9 Å². The van der Waals surface area contributed by atoms with Crippen LogP contribution in [-0.2, 0) is 0 Å². The van der Waals surface area contributed by atoms with Gasteiger partial charge in [0.05, 0.1) is 4.47 Å². The van der Waals surface area contributed by atoms with E-state index in [1.165, 1.54) is 25.7 Å². The Bertz CT molecular complexity index is 338. The number of halogens is 1. The zero-order chi connectivity index (χ0) is 10.7. The molecule has 1 aliphatic rings. The summed E-state index contributed by atoms with van der Waals surface area (Å²) < 4.78 is 0.866. The van der Waals surface area contributed by atoms with Crippen molar-refractivity contribution in [2.75, 3.05) is 17.6 Å². The van der Waals surface area contributed by atoms with Crippen LogP contribution < -0.4 is 11.1 Å². The van der Waals surface area contributed by atoms with Crippen molar-refractivity contribution in [2.24, 2.45) is 5.92 Å². The van der Waals surface area contributed by atoms with E-state index < -0.39 is 0 Å². The summed E-state index contributed by atoms with van der Waals surface area (Å²) in [5.41, 5.74) is 5.51. The van der Waals surface area contributed by atoms with E-state index in [-0.39, 0.29) is 0 Å². The van der Waals surface area contributed by atoms with Crippen molar-refractivity contribution in [3.05, 3.63) is 10.7 Å². The van der Waals surface area contributed by atoms with Crippen molar-refractivity contribution in [3.63, 3.8) is 0 Å². The van der Waals surface area contributed by atoms with Crippen molar-refractivity contribution in [3.8, 4) is 0 Å². The third-order valence-electron chi connectivity index (χ3n) is 2.83. The Morgan fingerprint density at radius 3 is 3.00 bits per heavy atom. The molecule has 2 rings (SSSR count). The van der Waals surface area contributed by atoms with Crippen LogP contribution in [0.25, 0.3) is 0 Å².